The van der Waals surface area contributed by atoms with Gasteiger partial charge in [0, 0.05) is 43.0 Å². The van der Waals surface area contributed by atoms with Crippen molar-refractivity contribution in [1.29, 1.82) is 0 Å². The number of aromatic nitrogens is 2. The highest BCUT2D eigenvalue weighted by Crippen LogP contribution is 2.35. The Bertz CT molecular complexity index is 1030. The SMILES string of the molecule is Cc1sc2ncn(CCC(=O)N3CCCNCC3)c(=O)c2c1-c1ccccc1. The maximum atomic E-state index is 13.2. The molecule has 0 aliphatic carbocycles. The quantitative estimate of drug-likeness (QED) is 0.736. The van der Waals surface area contributed by atoms with Crippen LogP contribution >= 0.6 is 11.3 Å². The molecule has 0 bridgehead atoms. The van der Waals surface area contributed by atoms with E-state index < -0.39 is 0 Å². The molecule has 7 heteroatoms. The summed E-state index contributed by atoms with van der Waals surface area (Å²) in [6.07, 6.45) is 2.86. The van der Waals surface area contributed by atoms with Crippen LogP contribution in [-0.2, 0) is 11.3 Å². The zero-order valence-electron chi connectivity index (χ0n) is 16.0. The van der Waals surface area contributed by atoms with E-state index in [0.717, 1.165) is 53.4 Å². The van der Waals surface area contributed by atoms with E-state index in [1.165, 1.54) is 11.3 Å². The van der Waals surface area contributed by atoms with Crippen LogP contribution in [-0.4, -0.2) is 46.5 Å². The van der Waals surface area contributed by atoms with Crippen molar-refractivity contribution in [2.45, 2.75) is 26.3 Å². The molecule has 3 heterocycles. The molecule has 146 valence electrons. The Kier molecular flexibility index (Phi) is 5.54. The van der Waals surface area contributed by atoms with Gasteiger partial charge < -0.3 is 10.2 Å². The highest BCUT2D eigenvalue weighted by molar-refractivity contribution is 7.19. The Balaban J connectivity index is 1.61. The van der Waals surface area contributed by atoms with Gasteiger partial charge in [-0.1, -0.05) is 30.3 Å². The summed E-state index contributed by atoms with van der Waals surface area (Å²) in [7, 11) is 0. The fourth-order valence-corrected chi connectivity index (χ4v) is 4.72. The van der Waals surface area contributed by atoms with Crippen molar-refractivity contribution in [3.05, 3.63) is 51.9 Å². The molecular weight excluding hydrogens is 372 g/mol. The monoisotopic (exact) mass is 396 g/mol. The van der Waals surface area contributed by atoms with Gasteiger partial charge in [-0.2, -0.15) is 0 Å². The third kappa shape index (κ3) is 3.72. The van der Waals surface area contributed by atoms with E-state index in [2.05, 4.69) is 10.3 Å². The van der Waals surface area contributed by atoms with Gasteiger partial charge in [0.25, 0.3) is 5.56 Å². The topological polar surface area (TPSA) is 67.2 Å². The molecule has 0 saturated carbocycles. The first kappa shape index (κ1) is 18.8. The van der Waals surface area contributed by atoms with E-state index in [4.69, 9.17) is 0 Å². The van der Waals surface area contributed by atoms with Crippen LogP contribution in [0.2, 0.25) is 0 Å². The normalized spacial score (nSPS) is 15.0. The minimum Gasteiger partial charge on any atom is -0.341 e. The number of carbonyl (C=O) groups is 1. The number of nitrogens with one attached hydrogen (secondary N) is 1. The van der Waals surface area contributed by atoms with E-state index in [0.29, 0.717) is 18.4 Å². The first-order chi connectivity index (χ1) is 13.6. The molecule has 1 fully saturated rings. The summed E-state index contributed by atoms with van der Waals surface area (Å²) in [5, 5.41) is 3.96. The summed E-state index contributed by atoms with van der Waals surface area (Å²) >= 11 is 1.54. The van der Waals surface area contributed by atoms with Gasteiger partial charge in [-0.05, 0) is 25.5 Å². The molecule has 6 nitrogen and oxygen atoms in total. The standard InChI is InChI=1S/C21H24N4O2S/c1-15-18(16-6-3-2-4-7-16)19-20(28-15)23-14-25(21(19)27)12-8-17(26)24-11-5-9-22-10-13-24/h2-4,6-7,14,22H,5,8-13H2,1H3. The molecule has 1 saturated heterocycles. The highest BCUT2D eigenvalue weighted by Gasteiger charge is 2.18. The van der Waals surface area contributed by atoms with Gasteiger partial charge in [-0.3, -0.25) is 14.2 Å². The summed E-state index contributed by atoms with van der Waals surface area (Å²) in [6, 6.07) is 9.95. The Morgan fingerprint density at radius 3 is 2.86 bits per heavy atom. The van der Waals surface area contributed by atoms with Gasteiger partial charge >= 0.3 is 0 Å². The minimum atomic E-state index is -0.0708. The number of carbonyl (C=O) groups excluding carboxylic acids is 1. The predicted octanol–water partition coefficient (Wildman–Crippen LogP) is 2.65. The molecule has 0 unspecified atom stereocenters. The zero-order chi connectivity index (χ0) is 19.5. The van der Waals surface area contributed by atoms with Gasteiger partial charge in [0.1, 0.15) is 4.83 Å². The molecule has 1 aliphatic rings. The van der Waals surface area contributed by atoms with Crippen molar-refractivity contribution in [1.82, 2.24) is 19.8 Å². The molecule has 3 aromatic rings. The lowest BCUT2D eigenvalue weighted by Crippen LogP contribution is -2.35. The number of aryl methyl sites for hydroxylation is 2. The second-order valence-corrected chi connectivity index (χ2v) is 8.26. The molecule has 0 radical (unpaired) electrons. The van der Waals surface area contributed by atoms with E-state index in [1.807, 2.05) is 42.2 Å². The molecule has 1 N–H and O–H groups in total. The number of amides is 1. The molecule has 1 aliphatic heterocycles. The van der Waals surface area contributed by atoms with Gasteiger partial charge in [0.05, 0.1) is 11.7 Å². The Morgan fingerprint density at radius 1 is 1.21 bits per heavy atom. The zero-order valence-corrected chi connectivity index (χ0v) is 16.8. The average Bonchev–Trinajstić information content (AvgIpc) is 2.87. The number of rotatable bonds is 4. The van der Waals surface area contributed by atoms with Gasteiger partial charge in [-0.15, -0.1) is 11.3 Å². The first-order valence-electron chi connectivity index (χ1n) is 9.67. The number of fused-ring (bicyclic) bond motifs is 1. The summed E-state index contributed by atoms with van der Waals surface area (Å²) < 4.78 is 1.58. The van der Waals surface area contributed by atoms with Crippen molar-refractivity contribution in [3.8, 4) is 11.1 Å². The highest BCUT2D eigenvalue weighted by atomic mass is 32.1. The Morgan fingerprint density at radius 2 is 2.04 bits per heavy atom. The van der Waals surface area contributed by atoms with Crippen LogP contribution in [0.5, 0.6) is 0 Å². The second kappa shape index (κ2) is 8.24. The van der Waals surface area contributed by atoms with Gasteiger partial charge in [0.2, 0.25) is 5.91 Å². The van der Waals surface area contributed by atoms with E-state index >= 15 is 0 Å². The first-order valence-corrected chi connectivity index (χ1v) is 10.5. The fourth-order valence-electron chi connectivity index (χ4n) is 3.72. The molecule has 0 atom stereocenters. The molecule has 4 rings (SSSR count). The third-order valence-corrected chi connectivity index (χ3v) is 6.19. The summed E-state index contributed by atoms with van der Waals surface area (Å²) in [5.74, 6) is 0.0977. The molecule has 1 amide bonds. The van der Waals surface area contributed by atoms with Crippen molar-refractivity contribution >= 4 is 27.5 Å². The second-order valence-electron chi connectivity index (χ2n) is 7.06. The van der Waals surface area contributed by atoms with Gasteiger partial charge in [0.15, 0.2) is 0 Å². The molecular formula is C21H24N4O2S. The lowest BCUT2D eigenvalue weighted by molar-refractivity contribution is -0.131. The number of hydrogen-bond donors (Lipinski definition) is 1. The Labute approximate surface area is 167 Å². The maximum Gasteiger partial charge on any atom is 0.262 e. The average molecular weight is 397 g/mol. The summed E-state index contributed by atoms with van der Waals surface area (Å²) in [6.45, 7) is 5.66. The molecule has 2 aromatic heterocycles. The maximum absolute atomic E-state index is 13.2. The number of benzene rings is 1. The van der Waals surface area contributed by atoms with Crippen LogP contribution in [0.3, 0.4) is 0 Å². The summed E-state index contributed by atoms with van der Waals surface area (Å²) in [5.41, 5.74) is 1.91. The van der Waals surface area contributed by atoms with Crippen molar-refractivity contribution in [2.75, 3.05) is 26.2 Å². The van der Waals surface area contributed by atoms with Crippen LogP contribution in [0.25, 0.3) is 21.3 Å². The van der Waals surface area contributed by atoms with Crippen LogP contribution in [0.4, 0.5) is 0 Å². The minimum absolute atomic E-state index is 0.0708. The molecule has 1 aromatic carbocycles. The number of thiophene rings is 1. The third-order valence-electron chi connectivity index (χ3n) is 5.18. The van der Waals surface area contributed by atoms with Crippen LogP contribution in [0, 0.1) is 6.92 Å². The van der Waals surface area contributed by atoms with E-state index in [1.54, 1.807) is 10.9 Å². The largest absolute Gasteiger partial charge is 0.341 e. The lowest BCUT2D eigenvalue weighted by Gasteiger charge is -2.20. The lowest BCUT2D eigenvalue weighted by atomic mass is 10.0. The smallest absolute Gasteiger partial charge is 0.262 e. The van der Waals surface area contributed by atoms with E-state index in [-0.39, 0.29) is 11.5 Å². The molecule has 0 spiro atoms. The van der Waals surface area contributed by atoms with Crippen molar-refractivity contribution in [3.63, 3.8) is 0 Å². The van der Waals surface area contributed by atoms with Crippen LogP contribution in [0.15, 0.2) is 41.5 Å². The predicted molar refractivity (Wildman–Crippen MR) is 113 cm³/mol. The number of nitrogens with zero attached hydrogens (tertiary/aromatic N) is 3. The van der Waals surface area contributed by atoms with Crippen LogP contribution in [0.1, 0.15) is 17.7 Å². The fraction of sp³-hybridized carbons (Fsp3) is 0.381. The van der Waals surface area contributed by atoms with E-state index in [9.17, 15) is 9.59 Å². The number of hydrogen-bond acceptors (Lipinski definition) is 5. The van der Waals surface area contributed by atoms with Crippen molar-refractivity contribution < 1.29 is 4.79 Å². The molecule has 28 heavy (non-hydrogen) atoms. The summed E-state index contributed by atoms with van der Waals surface area (Å²) in [4.78, 5) is 34.0. The van der Waals surface area contributed by atoms with Crippen LogP contribution < -0.4 is 10.9 Å². The van der Waals surface area contributed by atoms with Crippen molar-refractivity contribution in [2.24, 2.45) is 0 Å². The Hall–Kier alpha value is -2.51. The van der Waals surface area contributed by atoms with Gasteiger partial charge in [-0.25, -0.2) is 4.98 Å².